The van der Waals surface area contributed by atoms with Crippen molar-refractivity contribution in [1.29, 1.82) is 0 Å². The van der Waals surface area contributed by atoms with Crippen LogP contribution in [0.1, 0.15) is 15.9 Å². The topological polar surface area (TPSA) is 113 Å². The maximum absolute atomic E-state index is 14.6. The number of piperazine rings is 1. The molecule has 4 heterocycles. The highest BCUT2D eigenvalue weighted by atomic mass is 19.1. The molecule has 0 amide bonds. The zero-order chi connectivity index (χ0) is 30.9. The van der Waals surface area contributed by atoms with Gasteiger partial charge in [0.05, 0.1) is 22.5 Å². The van der Waals surface area contributed by atoms with Crippen LogP contribution in [0.5, 0.6) is 5.75 Å². The van der Waals surface area contributed by atoms with E-state index in [1.165, 1.54) is 6.07 Å². The summed E-state index contributed by atoms with van der Waals surface area (Å²) in [5.74, 6) is 0.332. The van der Waals surface area contributed by atoms with Crippen LogP contribution in [-0.2, 0) is 6.54 Å². The Morgan fingerprint density at radius 1 is 0.889 bits per heavy atom. The Hall–Kier alpha value is -5.61. The van der Waals surface area contributed by atoms with Crippen LogP contribution in [0.2, 0.25) is 0 Å². The summed E-state index contributed by atoms with van der Waals surface area (Å²) in [5, 5.41) is 10.0. The highest BCUT2D eigenvalue weighted by Gasteiger charge is 2.22. The normalized spacial score (nSPS) is 13.8. The van der Waals surface area contributed by atoms with E-state index in [1.807, 2.05) is 64.1 Å². The van der Waals surface area contributed by atoms with Crippen molar-refractivity contribution in [1.82, 2.24) is 24.4 Å². The van der Waals surface area contributed by atoms with Gasteiger partial charge in [-0.2, -0.15) is 0 Å². The number of fused-ring (bicyclic) bond motifs is 1. The van der Waals surface area contributed by atoms with Gasteiger partial charge < -0.3 is 15.7 Å². The van der Waals surface area contributed by atoms with Crippen LogP contribution in [0.15, 0.2) is 97.2 Å². The lowest BCUT2D eigenvalue weighted by Crippen LogP contribution is -2.46. The highest BCUT2D eigenvalue weighted by Crippen LogP contribution is 2.32. The minimum Gasteiger partial charge on any atom is -0.507 e. The molecular weight excluding hydrogens is 569 g/mol. The summed E-state index contributed by atoms with van der Waals surface area (Å²) in [6.07, 6.45) is 2.12. The van der Waals surface area contributed by atoms with E-state index in [4.69, 9.17) is 15.7 Å². The summed E-state index contributed by atoms with van der Waals surface area (Å²) in [6.45, 7) is 3.37. The molecule has 1 aliphatic heterocycles. The van der Waals surface area contributed by atoms with E-state index >= 15 is 0 Å². The van der Waals surface area contributed by atoms with Gasteiger partial charge in [-0.3, -0.25) is 14.3 Å². The van der Waals surface area contributed by atoms with Crippen molar-refractivity contribution in [2.24, 2.45) is 0 Å². The molecule has 0 aliphatic carbocycles. The molecule has 45 heavy (non-hydrogen) atoms. The molecule has 0 unspecified atom stereocenters. The van der Waals surface area contributed by atoms with Gasteiger partial charge in [-0.15, -0.1) is 0 Å². The standard InChI is InChI=1S/C35H30FN7O2/c36-28-19-25(22-44)32(45)20-31(28)42-17-15-41(16-18-42)21-23-8-10-26(11-9-23)43-34(27-7-4-14-38-33(27)37)40-30-13-12-29(39-35(30)43)24-5-2-1-3-6-24/h1-14,19-20,22,45H,15-18,21H2,(H2,37,38). The van der Waals surface area contributed by atoms with Crippen LogP contribution < -0.4 is 10.6 Å². The van der Waals surface area contributed by atoms with Gasteiger partial charge in [0.2, 0.25) is 0 Å². The minimum atomic E-state index is -0.510. The van der Waals surface area contributed by atoms with Gasteiger partial charge in [0.1, 0.15) is 22.9 Å². The molecule has 3 aromatic heterocycles. The highest BCUT2D eigenvalue weighted by molar-refractivity contribution is 5.84. The third kappa shape index (κ3) is 5.47. The minimum absolute atomic E-state index is 0.0505. The Morgan fingerprint density at radius 2 is 1.67 bits per heavy atom. The number of aromatic hydroxyl groups is 1. The largest absolute Gasteiger partial charge is 0.507 e. The molecule has 6 aromatic rings. The van der Waals surface area contributed by atoms with E-state index in [9.17, 15) is 14.3 Å². The average Bonchev–Trinajstić information content (AvgIpc) is 3.45. The Bertz CT molecular complexity index is 2000. The molecule has 3 aromatic carbocycles. The lowest BCUT2D eigenvalue weighted by molar-refractivity contribution is 0.112. The third-order valence-corrected chi connectivity index (χ3v) is 8.19. The Balaban J connectivity index is 1.15. The maximum atomic E-state index is 14.6. The van der Waals surface area contributed by atoms with E-state index in [1.54, 1.807) is 6.20 Å². The summed E-state index contributed by atoms with van der Waals surface area (Å²) < 4.78 is 16.6. The fourth-order valence-corrected chi connectivity index (χ4v) is 5.82. The molecular formula is C35H30FN7O2. The number of nitrogen functional groups attached to an aromatic ring is 1. The van der Waals surface area contributed by atoms with Crippen molar-refractivity contribution in [3.05, 3.63) is 114 Å². The molecule has 9 nitrogen and oxygen atoms in total. The van der Waals surface area contributed by atoms with Gasteiger partial charge >= 0.3 is 0 Å². The molecule has 0 atom stereocenters. The third-order valence-electron chi connectivity index (χ3n) is 8.19. The number of phenols is 1. The number of rotatable bonds is 7. The van der Waals surface area contributed by atoms with Crippen molar-refractivity contribution in [2.75, 3.05) is 36.8 Å². The first-order chi connectivity index (χ1) is 22.0. The first kappa shape index (κ1) is 28.2. The Morgan fingerprint density at radius 3 is 2.40 bits per heavy atom. The number of carbonyl (C=O) groups excluding carboxylic acids is 1. The number of nitrogens with two attached hydrogens (primary N) is 1. The maximum Gasteiger partial charge on any atom is 0.165 e. The van der Waals surface area contributed by atoms with E-state index in [0.29, 0.717) is 36.7 Å². The summed E-state index contributed by atoms with van der Waals surface area (Å²) in [6, 6.07) is 28.5. The number of phenolic OH excluding ortho intramolecular Hbond substituents is 1. The number of pyridine rings is 2. The molecule has 0 bridgehead atoms. The van der Waals surface area contributed by atoms with Gasteiger partial charge in [-0.1, -0.05) is 42.5 Å². The van der Waals surface area contributed by atoms with E-state index < -0.39 is 5.82 Å². The van der Waals surface area contributed by atoms with Crippen LogP contribution in [0.4, 0.5) is 15.9 Å². The van der Waals surface area contributed by atoms with E-state index in [-0.39, 0.29) is 11.3 Å². The molecule has 3 N–H and O–H groups in total. The second-order valence-electron chi connectivity index (χ2n) is 11.0. The monoisotopic (exact) mass is 599 g/mol. The molecule has 1 aliphatic rings. The molecule has 1 fully saturated rings. The summed E-state index contributed by atoms with van der Waals surface area (Å²) in [4.78, 5) is 29.5. The quantitative estimate of drug-likeness (QED) is 0.224. The van der Waals surface area contributed by atoms with E-state index in [2.05, 4.69) is 34.1 Å². The molecule has 0 spiro atoms. The number of imidazole rings is 1. The van der Waals surface area contributed by atoms with Crippen molar-refractivity contribution in [3.63, 3.8) is 0 Å². The molecule has 10 heteroatoms. The number of benzene rings is 3. The van der Waals surface area contributed by atoms with Crippen LogP contribution in [0.3, 0.4) is 0 Å². The molecule has 7 rings (SSSR count). The number of aldehydes is 1. The molecule has 0 radical (unpaired) electrons. The van der Waals surface area contributed by atoms with Crippen LogP contribution in [0.25, 0.3) is 39.5 Å². The number of carbonyl (C=O) groups is 1. The van der Waals surface area contributed by atoms with Crippen molar-refractivity contribution in [3.8, 4) is 34.1 Å². The predicted molar refractivity (Wildman–Crippen MR) is 173 cm³/mol. The lowest BCUT2D eigenvalue weighted by atomic mass is 10.1. The second kappa shape index (κ2) is 11.8. The zero-order valence-electron chi connectivity index (χ0n) is 24.3. The zero-order valence-corrected chi connectivity index (χ0v) is 24.3. The van der Waals surface area contributed by atoms with Crippen LogP contribution >= 0.6 is 0 Å². The summed E-state index contributed by atoms with van der Waals surface area (Å²) in [7, 11) is 0. The average molecular weight is 600 g/mol. The Labute approximate surface area is 259 Å². The van der Waals surface area contributed by atoms with Crippen molar-refractivity contribution in [2.45, 2.75) is 6.54 Å². The molecule has 0 saturated carbocycles. The number of anilines is 2. The molecule has 224 valence electrons. The number of halogens is 1. The second-order valence-corrected chi connectivity index (χ2v) is 11.0. The van der Waals surface area contributed by atoms with Gasteiger partial charge in [0, 0.05) is 56.2 Å². The number of hydrogen-bond acceptors (Lipinski definition) is 8. The summed E-state index contributed by atoms with van der Waals surface area (Å²) in [5.41, 5.74) is 12.7. The first-order valence-corrected chi connectivity index (χ1v) is 14.7. The lowest BCUT2D eigenvalue weighted by Gasteiger charge is -2.36. The van der Waals surface area contributed by atoms with Crippen LogP contribution in [-0.4, -0.2) is 62.0 Å². The number of aromatic nitrogens is 4. The van der Waals surface area contributed by atoms with Crippen molar-refractivity contribution >= 4 is 29.0 Å². The van der Waals surface area contributed by atoms with Gasteiger partial charge in [-0.25, -0.2) is 19.3 Å². The Kier molecular flexibility index (Phi) is 7.40. The fourth-order valence-electron chi connectivity index (χ4n) is 5.82. The smallest absolute Gasteiger partial charge is 0.165 e. The number of hydrogen-bond donors (Lipinski definition) is 2. The van der Waals surface area contributed by atoms with E-state index in [0.717, 1.165) is 64.9 Å². The van der Waals surface area contributed by atoms with Gasteiger partial charge in [0.15, 0.2) is 17.8 Å². The number of nitrogens with zero attached hydrogens (tertiary/aromatic N) is 6. The van der Waals surface area contributed by atoms with Crippen molar-refractivity contribution < 1.29 is 14.3 Å². The first-order valence-electron chi connectivity index (χ1n) is 14.7. The summed E-state index contributed by atoms with van der Waals surface area (Å²) >= 11 is 0. The predicted octanol–water partition coefficient (Wildman–Crippen LogP) is 5.71. The van der Waals surface area contributed by atoms with Gasteiger partial charge in [0.25, 0.3) is 0 Å². The van der Waals surface area contributed by atoms with Crippen LogP contribution in [0, 0.1) is 5.82 Å². The molecule has 1 saturated heterocycles. The SMILES string of the molecule is Nc1ncccc1-c1nc2ccc(-c3ccccc3)nc2n1-c1ccc(CN2CCN(c3cc(O)c(C=O)cc3F)CC2)cc1. The fraction of sp³-hybridized carbons (Fsp3) is 0.143. The van der Waals surface area contributed by atoms with Gasteiger partial charge in [-0.05, 0) is 48.0 Å².